The molecule has 0 atom stereocenters. The second-order valence-corrected chi connectivity index (χ2v) is 7.53. The Bertz CT molecular complexity index is 1250. The number of hydrogen-bond acceptors (Lipinski definition) is 2. The largest absolute Gasteiger partial charge is 0.289 e. The van der Waals surface area contributed by atoms with Crippen LogP contribution >= 0.6 is 0 Å². The molecule has 2 nitrogen and oxygen atoms in total. The molecule has 0 bridgehead atoms. The van der Waals surface area contributed by atoms with Gasteiger partial charge >= 0.3 is 0 Å². The summed E-state index contributed by atoms with van der Waals surface area (Å²) < 4.78 is 0. The van der Waals surface area contributed by atoms with Gasteiger partial charge in [0.05, 0.1) is 5.69 Å². The van der Waals surface area contributed by atoms with Crippen molar-refractivity contribution in [2.75, 3.05) is 0 Å². The summed E-state index contributed by atoms with van der Waals surface area (Å²) in [4.78, 5) is 17.6. The Balaban J connectivity index is 1.82. The van der Waals surface area contributed by atoms with E-state index < -0.39 is 0 Å². The van der Waals surface area contributed by atoms with Gasteiger partial charge in [0.1, 0.15) is 0 Å². The predicted octanol–water partition coefficient (Wildman–Crippen LogP) is 6.04. The molecule has 0 saturated carbocycles. The minimum absolute atomic E-state index is 0.121. The van der Waals surface area contributed by atoms with E-state index in [2.05, 4.69) is 55.2 Å². The van der Waals surface area contributed by atoms with Crippen LogP contribution in [0.5, 0.6) is 0 Å². The molecular formula is C25H19NO. The van der Waals surface area contributed by atoms with Crippen LogP contribution in [-0.2, 0) is 0 Å². The van der Waals surface area contributed by atoms with Crippen LogP contribution in [0.25, 0.3) is 33.2 Å². The SMILES string of the molecule is Cc1cc(C)cc(-c2nccc3cc4c(cc23)-c2ccc(C)cc2C4=O)c1. The van der Waals surface area contributed by atoms with Crippen molar-refractivity contribution in [2.45, 2.75) is 20.8 Å². The fraction of sp³-hybridized carbons (Fsp3) is 0.120. The molecule has 4 aromatic rings. The lowest BCUT2D eigenvalue weighted by molar-refractivity contribution is 0.104. The first-order valence-corrected chi connectivity index (χ1v) is 9.18. The van der Waals surface area contributed by atoms with Gasteiger partial charge in [-0.15, -0.1) is 0 Å². The number of fused-ring (bicyclic) bond motifs is 4. The topological polar surface area (TPSA) is 30.0 Å². The Kier molecular flexibility index (Phi) is 3.32. The first-order chi connectivity index (χ1) is 13.0. The summed E-state index contributed by atoms with van der Waals surface area (Å²) in [6.45, 7) is 6.24. The molecule has 3 aromatic carbocycles. The normalized spacial score (nSPS) is 12.3. The number of ketones is 1. The molecule has 1 heterocycles. The summed E-state index contributed by atoms with van der Waals surface area (Å²) in [5.74, 6) is 0.121. The van der Waals surface area contributed by atoms with Crippen LogP contribution < -0.4 is 0 Å². The maximum Gasteiger partial charge on any atom is 0.194 e. The van der Waals surface area contributed by atoms with Gasteiger partial charge in [0.15, 0.2) is 5.78 Å². The fourth-order valence-electron chi connectivity index (χ4n) is 4.20. The molecule has 1 aliphatic carbocycles. The summed E-state index contributed by atoms with van der Waals surface area (Å²) in [6, 6.07) is 18.8. The van der Waals surface area contributed by atoms with Gasteiger partial charge in [0.25, 0.3) is 0 Å². The molecule has 27 heavy (non-hydrogen) atoms. The third kappa shape index (κ3) is 2.41. The molecule has 1 aromatic heterocycles. The quantitative estimate of drug-likeness (QED) is 0.369. The van der Waals surface area contributed by atoms with Crippen molar-refractivity contribution in [3.8, 4) is 22.4 Å². The number of rotatable bonds is 1. The molecule has 0 spiro atoms. The van der Waals surface area contributed by atoms with E-state index in [0.717, 1.165) is 49.8 Å². The molecule has 5 rings (SSSR count). The average Bonchev–Trinajstić information content (AvgIpc) is 2.90. The third-order valence-corrected chi connectivity index (χ3v) is 5.35. The lowest BCUT2D eigenvalue weighted by Crippen LogP contribution is -1.96. The van der Waals surface area contributed by atoms with Gasteiger partial charge in [-0.25, -0.2) is 0 Å². The monoisotopic (exact) mass is 349 g/mol. The van der Waals surface area contributed by atoms with E-state index in [1.807, 2.05) is 31.3 Å². The van der Waals surface area contributed by atoms with Crippen LogP contribution in [0.4, 0.5) is 0 Å². The van der Waals surface area contributed by atoms with Crippen LogP contribution in [0.2, 0.25) is 0 Å². The second kappa shape index (κ2) is 5.62. The van der Waals surface area contributed by atoms with Crippen molar-refractivity contribution in [3.63, 3.8) is 0 Å². The van der Waals surface area contributed by atoms with Gasteiger partial charge in [0, 0.05) is 28.3 Å². The molecule has 130 valence electrons. The van der Waals surface area contributed by atoms with E-state index in [1.54, 1.807) is 0 Å². The Morgan fingerprint density at radius 2 is 1.41 bits per heavy atom. The number of aromatic nitrogens is 1. The van der Waals surface area contributed by atoms with Crippen LogP contribution in [0.15, 0.2) is 60.8 Å². The number of pyridine rings is 1. The van der Waals surface area contributed by atoms with E-state index in [0.29, 0.717) is 0 Å². The van der Waals surface area contributed by atoms with E-state index in [9.17, 15) is 4.79 Å². The van der Waals surface area contributed by atoms with Crippen LogP contribution in [0.1, 0.15) is 32.6 Å². The minimum Gasteiger partial charge on any atom is -0.289 e. The van der Waals surface area contributed by atoms with Gasteiger partial charge in [0.2, 0.25) is 0 Å². The lowest BCUT2D eigenvalue weighted by atomic mass is 9.96. The Morgan fingerprint density at radius 3 is 2.19 bits per heavy atom. The van der Waals surface area contributed by atoms with E-state index in [4.69, 9.17) is 0 Å². The van der Waals surface area contributed by atoms with Crippen molar-refractivity contribution < 1.29 is 4.79 Å². The molecule has 0 radical (unpaired) electrons. The molecule has 0 saturated heterocycles. The van der Waals surface area contributed by atoms with Gasteiger partial charge in [-0.05, 0) is 73.7 Å². The zero-order valence-corrected chi connectivity index (χ0v) is 15.6. The summed E-state index contributed by atoms with van der Waals surface area (Å²) in [5.41, 5.74) is 9.28. The minimum atomic E-state index is 0.121. The standard InChI is InChI=1S/C25H19NO/c1-14-4-5-19-21-13-20-17(12-23(21)25(27)22(19)11-14)6-7-26-24(20)18-9-15(2)8-16(3)10-18/h4-13H,1-3H3. The van der Waals surface area contributed by atoms with Crippen LogP contribution in [-0.4, -0.2) is 10.8 Å². The highest BCUT2D eigenvalue weighted by atomic mass is 16.1. The maximum atomic E-state index is 12.9. The highest BCUT2D eigenvalue weighted by molar-refractivity contribution is 6.23. The zero-order chi connectivity index (χ0) is 18.7. The molecule has 2 heteroatoms. The molecular weight excluding hydrogens is 330 g/mol. The number of benzene rings is 3. The number of carbonyl (C=O) groups is 1. The molecule has 1 aliphatic rings. The molecule has 0 amide bonds. The number of carbonyl (C=O) groups excluding carboxylic acids is 1. The second-order valence-electron chi connectivity index (χ2n) is 7.53. The summed E-state index contributed by atoms with van der Waals surface area (Å²) in [6.07, 6.45) is 1.83. The summed E-state index contributed by atoms with van der Waals surface area (Å²) in [7, 11) is 0. The summed E-state index contributed by atoms with van der Waals surface area (Å²) >= 11 is 0. The Morgan fingerprint density at radius 1 is 0.667 bits per heavy atom. The average molecular weight is 349 g/mol. The molecule has 0 aliphatic heterocycles. The number of nitrogens with zero attached hydrogens (tertiary/aromatic N) is 1. The highest BCUT2D eigenvalue weighted by Gasteiger charge is 2.27. The van der Waals surface area contributed by atoms with Gasteiger partial charge in [-0.2, -0.15) is 0 Å². The predicted molar refractivity (Wildman–Crippen MR) is 110 cm³/mol. The maximum absolute atomic E-state index is 12.9. The first-order valence-electron chi connectivity index (χ1n) is 9.18. The van der Waals surface area contributed by atoms with Crippen molar-refractivity contribution in [1.82, 2.24) is 4.98 Å². The number of aryl methyl sites for hydroxylation is 3. The Labute approximate surface area is 158 Å². The number of hydrogen-bond donors (Lipinski definition) is 0. The van der Waals surface area contributed by atoms with Crippen molar-refractivity contribution in [1.29, 1.82) is 0 Å². The zero-order valence-electron chi connectivity index (χ0n) is 15.6. The van der Waals surface area contributed by atoms with Gasteiger partial charge in [-0.3, -0.25) is 9.78 Å². The van der Waals surface area contributed by atoms with Crippen LogP contribution in [0, 0.1) is 20.8 Å². The van der Waals surface area contributed by atoms with E-state index in [1.165, 1.54) is 11.1 Å². The Hall–Kier alpha value is -3.26. The van der Waals surface area contributed by atoms with Gasteiger partial charge in [-0.1, -0.05) is 34.9 Å². The molecule has 0 fully saturated rings. The molecule has 0 unspecified atom stereocenters. The van der Waals surface area contributed by atoms with Gasteiger partial charge < -0.3 is 0 Å². The van der Waals surface area contributed by atoms with Crippen LogP contribution in [0.3, 0.4) is 0 Å². The lowest BCUT2D eigenvalue weighted by Gasteiger charge is -2.10. The van der Waals surface area contributed by atoms with Crippen molar-refractivity contribution in [3.05, 3.63) is 88.6 Å². The third-order valence-electron chi connectivity index (χ3n) is 5.35. The first kappa shape index (κ1) is 16.0. The van der Waals surface area contributed by atoms with Crippen molar-refractivity contribution in [2.24, 2.45) is 0 Å². The van der Waals surface area contributed by atoms with E-state index >= 15 is 0 Å². The van der Waals surface area contributed by atoms with E-state index in [-0.39, 0.29) is 5.78 Å². The van der Waals surface area contributed by atoms with Crippen molar-refractivity contribution >= 4 is 16.6 Å². The molecule has 0 N–H and O–H groups in total. The fourth-order valence-corrected chi connectivity index (χ4v) is 4.20. The smallest absolute Gasteiger partial charge is 0.194 e. The highest BCUT2D eigenvalue weighted by Crippen LogP contribution is 2.41. The summed E-state index contributed by atoms with van der Waals surface area (Å²) in [5, 5.41) is 2.14.